The van der Waals surface area contributed by atoms with Gasteiger partial charge in [-0.15, -0.1) is 0 Å². The van der Waals surface area contributed by atoms with Crippen molar-refractivity contribution in [3.63, 3.8) is 0 Å². The van der Waals surface area contributed by atoms with E-state index in [1.165, 1.54) is 6.07 Å². The van der Waals surface area contributed by atoms with Crippen LogP contribution in [0.4, 0.5) is 5.69 Å². The largest absolute Gasteiger partial charge is 0.477 e. The van der Waals surface area contributed by atoms with Crippen LogP contribution >= 0.6 is 0 Å². The Morgan fingerprint density at radius 1 is 1.53 bits per heavy atom. The number of pyridine rings is 1. The fourth-order valence-corrected chi connectivity index (χ4v) is 2.14. The first kappa shape index (κ1) is 11.9. The van der Waals surface area contributed by atoms with Crippen LogP contribution in [-0.4, -0.2) is 39.9 Å². The molecule has 0 radical (unpaired) electrons. The van der Waals surface area contributed by atoms with Gasteiger partial charge in [0.25, 0.3) is 0 Å². The number of β-amino-alcohol motifs (C(OH)–C–C–N with tert-alkyl or cyclic N) is 1. The number of nitrogens with zero attached hydrogens (tertiary/aromatic N) is 2. The summed E-state index contributed by atoms with van der Waals surface area (Å²) < 4.78 is 0. The molecule has 0 aliphatic carbocycles. The van der Waals surface area contributed by atoms with Crippen LogP contribution in [-0.2, 0) is 0 Å². The summed E-state index contributed by atoms with van der Waals surface area (Å²) in [6, 6.07) is 3.22. The Bertz CT molecular complexity index is 414. The summed E-state index contributed by atoms with van der Waals surface area (Å²) in [5, 5.41) is 18.7. The highest BCUT2D eigenvalue weighted by atomic mass is 16.4. The molecule has 1 saturated heterocycles. The maximum Gasteiger partial charge on any atom is 0.354 e. The summed E-state index contributed by atoms with van der Waals surface area (Å²) in [6.45, 7) is 3.24. The number of hydrogen-bond acceptors (Lipinski definition) is 4. The molecule has 0 saturated carbocycles. The van der Waals surface area contributed by atoms with Crippen molar-refractivity contribution < 1.29 is 15.0 Å². The number of aliphatic hydroxyl groups is 1. The van der Waals surface area contributed by atoms with Crippen LogP contribution in [0, 0.1) is 0 Å². The molecule has 17 heavy (non-hydrogen) atoms. The molecule has 1 aliphatic heterocycles. The van der Waals surface area contributed by atoms with E-state index in [9.17, 15) is 9.90 Å². The molecule has 0 amide bonds. The SMILES string of the molecule is CC1(O)CCCN(c2ccc(C(=O)O)nc2)C1. The Hall–Kier alpha value is -1.62. The molecule has 1 aliphatic rings. The number of carbonyl (C=O) groups is 1. The van der Waals surface area contributed by atoms with E-state index in [2.05, 4.69) is 4.98 Å². The Kier molecular flexibility index (Phi) is 3.02. The molecule has 2 rings (SSSR count). The lowest BCUT2D eigenvalue weighted by Crippen LogP contribution is -2.46. The van der Waals surface area contributed by atoms with Gasteiger partial charge in [0.1, 0.15) is 5.69 Å². The molecular formula is C12H16N2O3. The van der Waals surface area contributed by atoms with Crippen molar-refractivity contribution in [1.29, 1.82) is 0 Å². The van der Waals surface area contributed by atoms with Gasteiger partial charge < -0.3 is 15.1 Å². The quantitative estimate of drug-likeness (QED) is 0.805. The van der Waals surface area contributed by atoms with Gasteiger partial charge in [-0.2, -0.15) is 0 Å². The summed E-state index contributed by atoms with van der Waals surface area (Å²) >= 11 is 0. The maximum atomic E-state index is 10.7. The minimum atomic E-state index is -1.03. The van der Waals surface area contributed by atoms with Crippen molar-refractivity contribution in [2.45, 2.75) is 25.4 Å². The zero-order valence-corrected chi connectivity index (χ0v) is 9.76. The smallest absolute Gasteiger partial charge is 0.354 e. The second kappa shape index (κ2) is 4.33. The normalized spacial score (nSPS) is 24.7. The van der Waals surface area contributed by atoms with Crippen molar-refractivity contribution in [2.24, 2.45) is 0 Å². The van der Waals surface area contributed by atoms with Gasteiger partial charge in [-0.25, -0.2) is 9.78 Å². The number of rotatable bonds is 2. The van der Waals surface area contributed by atoms with E-state index < -0.39 is 11.6 Å². The molecule has 1 unspecified atom stereocenters. The molecule has 1 aromatic rings. The monoisotopic (exact) mass is 236 g/mol. The van der Waals surface area contributed by atoms with E-state index in [-0.39, 0.29) is 5.69 Å². The van der Waals surface area contributed by atoms with Crippen LogP contribution in [0.25, 0.3) is 0 Å². The number of piperidine rings is 1. The summed E-state index contributed by atoms with van der Waals surface area (Å²) in [5.41, 5.74) is 0.219. The number of aromatic carboxylic acids is 1. The third kappa shape index (κ3) is 2.74. The molecule has 1 atom stereocenters. The van der Waals surface area contributed by atoms with Crippen LogP contribution < -0.4 is 4.90 Å². The molecule has 5 nitrogen and oxygen atoms in total. The van der Waals surface area contributed by atoms with E-state index >= 15 is 0 Å². The van der Waals surface area contributed by atoms with Gasteiger partial charge in [0.05, 0.1) is 17.5 Å². The van der Waals surface area contributed by atoms with E-state index in [1.807, 2.05) is 11.8 Å². The van der Waals surface area contributed by atoms with Gasteiger partial charge >= 0.3 is 5.97 Å². The van der Waals surface area contributed by atoms with Gasteiger partial charge in [-0.3, -0.25) is 0 Å². The highest BCUT2D eigenvalue weighted by Gasteiger charge is 2.28. The summed E-state index contributed by atoms with van der Waals surface area (Å²) in [7, 11) is 0. The van der Waals surface area contributed by atoms with Gasteiger partial charge in [0.15, 0.2) is 0 Å². The van der Waals surface area contributed by atoms with E-state index in [0.29, 0.717) is 6.54 Å². The van der Waals surface area contributed by atoms with Gasteiger partial charge in [0.2, 0.25) is 0 Å². The van der Waals surface area contributed by atoms with E-state index in [1.54, 1.807) is 12.3 Å². The van der Waals surface area contributed by atoms with Crippen molar-refractivity contribution in [3.8, 4) is 0 Å². The second-order valence-corrected chi connectivity index (χ2v) is 4.73. The predicted octanol–water partition coefficient (Wildman–Crippen LogP) is 1.13. The molecule has 1 fully saturated rings. The van der Waals surface area contributed by atoms with Crippen LogP contribution in [0.1, 0.15) is 30.3 Å². The lowest BCUT2D eigenvalue weighted by atomic mass is 9.95. The van der Waals surface area contributed by atoms with E-state index in [4.69, 9.17) is 5.11 Å². The number of hydrogen-bond donors (Lipinski definition) is 2. The molecule has 5 heteroatoms. The fraction of sp³-hybridized carbons (Fsp3) is 0.500. The summed E-state index contributed by atoms with van der Waals surface area (Å²) in [5.74, 6) is -1.03. The minimum absolute atomic E-state index is 0.0394. The molecule has 0 spiro atoms. The topological polar surface area (TPSA) is 73.7 Å². The molecular weight excluding hydrogens is 220 g/mol. The zero-order chi connectivity index (χ0) is 12.5. The Balaban J connectivity index is 2.14. The molecule has 0 aromatic carbocycles. The van der Waals surface area contributed by atoms with Crippen LogP contribution in [0.5, 0.6) is 0 Å². The van der Waals surface area contributed by atoms with Gasteiger partial charge in [0, 0.05) is 13.1 Å². The lowest BCUT2D eigenvalue weighted by molar-refractivity contribution is 0.0448. The zero-order valence-electron chi connectivity index (χ0n) is 9.76. The molecule has 1 aromatic heterocycles. The third-order valence-corrected chi connectivity index (χ3v) is 3.01. The highest BCUT2D eigenvalue weighted by Crippen LogP contribution is 2.25. The average molecular weight is 236 g/mol. The number of carboxylic acid groups (broad SMARTS) is 1. The second-order valence-electron chi connectivity index (χ2n) is 4.73. The van der Waals surface area contributed by atoms with Crippen LogP contribution in [0.2, 0.25) is 0 Å². The average Bonchev–Trinajstić information content (AvgIpc) is 2.28. The fourth-order valence-electron chi connectivity index (χ4n) is 2.14. The van der Waals surface area contributed by atoms with Crippen LogP contribution in [0.15, 0.2) is 18.3 Å². The third-order valence-electron chi connectivity index (χ3n) is 3.01. The Labute approximate surface area is 99.7 Å². The predicted molar refractivity (Wildman–Crippen MR) is 63.3 cm³/mol. The maximum absolute atomic E-state index is 10.7. The first-order valence-corrected chi connectivity index (χ1v) is 5.65. The first-order valence-electron chi connectivity index (χ1n) is 5.65. The molecule has 2 N–H and O–H groups in total. The molecule has 92 valence electrons. The summed E-state index contributed by atoms with van der Waals surface area (Å²) in [4.78, 5) is 16.6. The van der Waals surface area contributed by atoms with Crippen molar-refractivity contribution >= 4 is 11.7 Å². The lowest BCUT2D eigenvalue weighted by Gasteiger charge is -2.38. The van der Waals surface area contributed by atoms with Gasteiger partial charge in [-0.05, 0) is 31.9 Å². The van der Waals surface area contributed by atoms with Crippen molar-refractivity contribution in [1.82, 2.24) is 4.98 Å². The van der Waals surface area contributed by atoms with Crippen molar-refractivity contribution in [3.05, 3.63) is 24.0 Å². The Morgan fingerprint density at radius 2 is 2.29 bits per heavy atom. The minimum Gasteiger partial charge on any atom is -0.477 e. The first-order chi connectivity index (χ1) is 7.98. The molecule has 0 bridgehead atoms. The van der Waals surface area contributed by atoms with E-state index in [0.717, 1.165) is 25.1 Å². The number of aromatic nitrogens is 1. The van der Waals surface area contributed by atoms with Crippen molar-refractivity contribution in [2.75, 3.05) is 18.0 Å². The van der Waals surface area contributed by atoms with Crippen LogP contribution in [0.3, 0.4) is 0 Å². The van der Waals surface area contributed by atoms with Gasteiger partial charge in [-0.1, -0.05) is 0 Å². The number of carboxylic acids is 1. The Morgan fingerprint density at radius 3 is 2.82 bits per heavy atom. The molecule has 2 heterocycles. The standard InChI is InChI=1S/C12H16N2O3/c1-12(17)5-2-6-14(8-12)9-3-4-10(11(15)16)13-7-9/h3-4,7,17H,2,5-6,8H2,1H3,(H,15,16). The highest BCUT2D eigenvalue weighted by molar-refractivity contribution is 5.85. The number of anilines is 1. The summed E-state index contributed by atoms with van der Waals surface area (Å²) in [6.07, 6.45) is 3.27.